The topological polar surface area (TPSA) is 45.9 Å². The van der Waals surface area contributed by atoms with Crippen LogP contribution in [0.15, 0.2) is 47.1 Å². The Balaban J connectivity index is 1.64. The number of benzene rings is 1. The third kappa shape index (κ3) is 5.11. The molecule has 0 N–H and O–H groups in total. The van der Waals surface area contributed by atoms with E-state index < -0.39 is 0 Å². The molecule has 5 heteroatoms. The number of hydrogen-bond acceptors (Lipinski definition) is 4. The molecule has 5 nitrogen and oxygen atoms in total. The Morgan fingerprint density at radius 3 is 2.62 bits per heavy atom. The summed E-state index contributed by atoms with van der Waals surface area (Å²) < 4.78 is 11.1. The second-order valence-corrected chi connectivity index (χ2v) is 7.05. The average molecular weight is 356 g/mol. The number of furan rings is 1. The quantitative estimate of drug-likeness (QED) is 0.726. The van der Waals surface area contributed by atoms with Crippen LogP contribution in [-0.2, 0) is 22.5 Å². The van der Waals surface area contributed by atoms with E-state index in [1.54, 1.807) is 6.26 Å². The molecule has 1 aromatic heterocycles. The van der Waals surface area contributed by atoms with Crippen LogP contribution in [0.25, 0.3) is 0 Å². The maximum Gasteiger partial charge on any atom is 0.223 e. The summed E-state index contributed by atoms with van der Waals surface area (Å²) in [6, 6.07) is 12.1. The Morgan fingerprint density at radius 1 is 1.19 bits per heavy atom. The fourth-order valence-electron chi connectivity index (χ4n) is 3.25. The van der Waals surface area contributed by atoms with E-state index in [-0.39, 0.29) is 12.0 Å². The van der Waals surface area contributed by atoms with Crippen LogP contribution in [0.3, 0.4) is 0 Å². The van der Waals surface area contributed by atoms with E-state index in [2.05, 4.69) is 29.2 Å². The van der Waals surface area contributed by atoms with Crippen LogP contribution in [0.4, 0.5) is 5.69 Å². The van der Waals surface area contributed by atoms with Gasteiger partial charge in [-0.3, -0.25) is 4.79 Å². The highest BCUT2D eigenvalue weighted by molar-refractivity contribution is 5.76. The van der Waals surface area contributed by atoms with E-state index in [1.807, 2.05) is 31.1 Å². The summed E-state index contributed by atoms with van der Waals surface area (Å²) in [6.07, 6.45) is 5.00. The summed E-state index contributed by atoms with van der Waals surface area (Å²) in [4.78, 5) is 16.8. The molecule has 1 saturated heterocycles. The summed E-state index contributed by atoms with van der Waals surface area (Å²) in [7, 11) is 4.05. The molecule has 0 radical (unpaired) electrons. The number of rotatable bonds is 8. The highest BCUT2D eigenvalue weighted by atomic mass is 16.5. The number of carbonyl (C=O) groups excluding carboxylic acids is 1. The van der Waals surface area contributed by atoms with E-state index in [0.29, 0.717) is 25.9 Å². The van der Waals surface area contributed by atoms with Crippen LogP contribution < -0.4 is 4.90 Å². The van der Waals surface area contributed by atoms with Gasteiger partial charge in [-0.25, -0.2) is 0 Å². The van der Waals surface area contributed by atoms with Gasteiger partial charge in [0, 0.05) is 52.3 Å². The summed E-state index contributed by atoms with van der Waals surface area (Å²) >= 11 is 0. The monoisotopic (exact) mass is 356 g/mol. The van der Waals surface area contributed by atoms with Gasteiger partial charge in [0.15, 0.2) is 0 Å². The van der Waals surface area contributed by atoms with Gasteiger partial charge in [-0.15, -0.1) is 0 Å². The Morgan fingerprint density at radius 2 is 2.00 bits per heavy atom. The fourth-order valence-corrected chi connectivity index (χ4v) is 3.25. The first-order valence-electron chi connectivity index (χ1n) is 9.30. The number of amides is 1. The molecule has 0 aliphatic carbocycles. The molecule has 1 amide bonds. The van der Waals surface area contributed by atoms with Crippen molar-refractivity contribution in [2.45, 2.75) is 38.3 Å². The molecule has 1 aliphatic rings. The van der Waals surface area contributed by atoms with Crippen molar-refractivity contribution in [3.05, 3.63) is 54.0 Å². The first-order chi connectivity index (χ1) is 12.6. The Labute approximate surface area is 155 Å². The van der Waals surface area contributed by atoms with Crippen molar-refractivity contribution in [3.8, 4) is 0 Å². The van der Waals surface area contributed by atoms with Crippen LogP contribution in [-0.4, -0.2) is 44.2 Å². The zero-order valence-corrected chi connectivity index (χ0v) is 15.7. The minimum Gasteiger partial charge on any atom is -0.469 e. The Kier molecular flexibility index (Phi) is 6.34. The second kappa shape index (κ2) is 8.90. The van der Waals surface area contributed by atoms with Gasteiger partial charge in [-0.1, -0.05) is 12.1 Å². The van der Waals surface area contributed by atoms with Crippen molar-refractivity contribution in [3.63, 3.8) is 0 Å². The lowest BCUT2D eigenvalue weighted by Crippen LogP contribution is -2.37. The standard InChI is InChI=1S/C21H28N2O3/c1-22(2)18-9-7-17(8-10-18)15-23(16-20-6-4-14-26-20)21(24)12-11-19-5-3-13-25-19/h3,5,7-10,13,20H,4,6,11-12,14-16H2,1-2H3. The van der Waals surface area contributed by atoms with Gasteiger partial charge >= 0.3 is 0 Å². The first-order valence-corrected chi connectivity index (χ1v) is 9.30. The molecular formula is C21H28N2O3. The number of aryl methyl sites for hydroxylation is 1. The predicted octanol–water partition coefficient (Wildman–Crippen LogP) is 3.49. The number of carbonyl (C=O) groups is 1. The molecule has 140 valence electrons. The van der Waals surface area contributed by atoms with Gasteiger partial charge in [0.2, 0.25) is 5.91 Å². The molecule has 3 rings (SSSR count). The molecule has 26 heavy (non-hydrogen) atoms. The highest BCUT2D eigenvalue weighted by Gasteiger charge is 2.23. The lowest BCUT2D eigenvalue weighted by Gasteiger charge is -2.26. The largest absolute Gasteiger partial charge is 0.469 e. The average Bonchev–Trinajstić information content (AvgIpc) is 3.33. The zero-order chi connectivity index (χ0) is 18.4. The third-order valence-electron chi connectivity index (χ3n) is 4.79. The SMILES string of the molecule is CN(C)c1ccc(CN(CC2CCCO2)C(=O)CCc2ccco2)cc1. The zero-order valence-electron chi connectivity index (χ0n) is 15.7. The molecular weight excluding hydrogens is 328 g/mol. The predicted molar refractivity (Wildman–Crippen MR) is 102 cm³/mol. The normalized spacial score (nSPS) is 16.6. The second-order valence-electron chi connectivity index (χ2n) is 7.05. The molecule has 1 fully saturated rings. The molecule has 2 aromatic rings. The lowest BCUT2D eigenvalue weighted by molar-refractivity contribution is -0.133. The third-order valence-corrected chi connectivity index (χ3v) is 4.79. The van der Waals surface area contributed by atoms with Gasteiger partial charge in [0.05, 0.1) is 12.4 Å². The molecule has 1 atom stereocenters. The summed E-state index contributed by atoms with van der Waals surface area (Å²) in [5.41, 5.74) is 2.29. The van der Waals surface area contributed by atoms with Crippen LogP contribution in [0.2, 0.25) is 0 Å². The highest BCUT2D eigenvalue weighted by Crippen LogP contribution is 2.18. The van der Waals surface area contributed by atoms with Gasteiger partial charge in [0.25, 0.3) is 0 Å². The molecule has 0 bridgehead atoms. The van der Waals surface area contributed by atoms with E-state index in [1.165, 1.54) is 0 Å². The Hall–Kier alpha value is -2.27. The van der Waals surface area contributed by atoms with Gasteiger partial charge in [-0.2, -0.15) is 0 Å². The van der Waals surface area contributed by atoms with Crippen molar-refractivity contribution >= 4 is 11.6 Å². The van der Waals surface area contributed by atoms with Crippen molar-refractivity contribution < 1.29 is 13.9 Å². The Bertz CT molecular complexity index is 674. The number of hydrogen-bond donors (Lipinski definition) is 0. The maximum absolute atomic E-state index is 12.8. The molecule has 0 spiro atoms. The number of ether oxygens (including phenoxy) is 1. The van der Waals surface area contributed by atoms with Crippen LogP contribution >= 0.6 is 0 Å². The lowest BCUT2D eigenvalue weighted by atomic mass is 10.1. The van der Waals surface area contributed by atoms with Crippen molar-refractivity contribution in [2.75, 3.05) is 32.1 Å². The number of nitrogens with zero attached hydrogens (tertiary/aromatic N) is 2. The molecule has 1 aliphatic heterocycles. The van der Waals surface area contributed by atoms with E-state index in [9.17, 15) is 4.79 Å². The van der Waals surface area contributed by atoms with Crippen LogP contribution in [0, 0.1) is 0 Å². The molecule has 1 aromatic carbocycles. The summed E-state index contributed by atoms with van der Waals surface area (Å²) in [6.45, 7) is 2.08. The minimum atomic E-state index is 0.147. The van der Waals surface area contributed by atoms with Crippen LogP contribution in [0.5, 0.6) is 0 Å². The van der Waals surface area contributed by atoms with E-state index in [4.69, 9.17) is 9.15 Å². The summed E-state index contributed by atoms with van der Waals surface area (Å²) in [5, 5.41) is 0. The minimum absolute atomic E-state index is 0.147. The first kappa shape index (κ1) is 18.5. The van der Waals surface area contributed by atoms with Crippen molar-refractivity contribution in [1.29, 1.82) is 0 Å². The molecule has 1 unspecified atom stereocenters. The van der Waals surface area contributed by atoms with E-state index >= 15 is 0 Å². The smallest absolute Gasteiger partial charge is 0.223 e. The summed E-state index contributed by atoms with van der Waals surface area (Å²) in [5.74, 6) is 0.999. The van der Waals surface area contributed by atoms with Gasteiger partial charge in [0.1, 0.15) is 5.76 Å². The van der Waals surface area contributed by atoms with Crippen LogP contribution in [0.1, 0.15) is 30.6 Å². The number of anilines is 1. The molecule has 2 heterocycles. The maximum atomic E-state index is 12.8. The van der Waals surface area contributed by atoms with Gasteiger partial charge < -0.3 is 19.0 Å². The van der Waals surface area contributed by atoms with Gasteiger partial charge in [-0.05, 0) is 42.7 Å². The van der Waals surface area contributed by atoms with Crippen molar-refractivity contribution in [1.82, 2.24) is 4.90 Å². The van der Waals surface area contributed by atoms with Crippen molar-refractivity contribution in [2.24, 2.45) is 0 Å². The van der Waals surface area contributed by atoms with E-state index in [0.717, 1.165) is 36.5 Å². The molecule has 0 saturated carbocycles. The fraction of sp³-hybridized carbons (Fsp3) is 0.476.